The Morgan fingerprint density at radius 2 is 1.84 bits per heavy atom. The Morgan fingerprint density at radius 3 is 2.48 bits per heavy atom. The van der Waals surface area contributed by atoms with Crippen LogP contribution in [0.15, 0.2) is 12.7 Å². The highest BCUT2D eigenvalue weighted by molar-refractivity contribution is 7.85. The average Bonchev–Trinajstić information content (AvgIpc) is 3.13. The molecule has 3 rings (SSSR count). The van der Waals surface area contributed by atoms with Gasteiger partial charge in [-0.15, -0.1) is 0 Å². The molecule has 0 amide bonds. The summed E-state index contributed by atoms with van der Waals surface area (Å²) in [5.74, 6) is -1.56. The average molecular weight is 499 g/mol. The second-order valence-electron chi connectivity index (χ2n) is 6.49. The van der Waals surface area contributed by atoms with Gasteiger partial charge in [-0.1, -0.05) is 0 Å². The first-order chi connectivity index (χ1) is 14.2. The third-order valence-corrected chi connectivity index (χ3v) is 9.37. The maximum atomic E-state index is 12.1. The van der Waals surface area contributed by atoms with Crippen molar-refractivity contribution >= 4 is 47.2 Å². The number of aromatic nitrogens is 4. The molecular formula is C11H17BN5O11P3. The molecule has 20 heteroatoms. The minimum absolute atomic E-state index is 0.0710. The van der Waals surface area contributed by atoms with Gasteiger partial charge in [0.05, 0.1) is 12.9 Å². The molecule has 7 N–H and O–H groups in total. The molecule has 2 aromatic rings. The number of aliphatic hydroxyl groups excluding tert-OH is 2. The van der Waals surface area contributed by atoms with Crippen molar-refractivity contribution < 1.29 is 52.2 Å². The highest BCUT2D eigenvalue weighted by Gasteiger charge is 2.45. The van der Waals surface area contributed by atoms with Gasteiger partial charge in [0.2, 0.25) is 7.57 Å². The molecule has 3 heterocycles. The Hall–Kier alpha value is -1.22. The van der Waals surface area contributed by atoms with E-state index in [1.807, 2.05) is 0 Å². The molecule has 0 aromatic carbocycles. The third-order valence-electron chi connectivity index (χ3n) is 4.02. The van der Waals surface area contributed by atoms with Gasteiger partial charge in [0.15, 0.2) is 23.6 Å². The molecular weight excluding hydrogens is 482 g/mol. The lowest BCUT2D eigenvalue weighted by Crippen LogP contribution is -2.33. The van der Waals surface area contributed by atoms with E-state index in [1.54, 1.807) is 0 Å². The Balaban J connectivity index is 1.69. The number of nitrogens with zero attached hydrogens (tertiary/aromatic N) is 4. The van der Waals surface area contributed by atoms with Crippen molar-refractivity contribution in [2.24, 2.45) is 0 Å². The summed E-state index contributed by atoms with van der Waals surface area (Å²) in [6, 6.07) is 0. The summed E-state index contributed by atoms with van der Waals surface area (Å²) in [5.41, 5.74) is 6.10. The van der Waals surface area contributed by atoms with Crippen LogP contribution in [0.4, 0.5) is 5.82 Å². The molecule has 0 aliphatic carbocycles. The normalized spacial score (nSPS) is 28.4. The van der Waals surface area contributed by atoms with E-state index in [9.17, 15) is 28.8 Å². The number of nitrogen functional groups attached to an aromatic ring is 1. The van der Waals surface area contributed by atoms with Crippen LogP contribution >= 0.6 is 22.7 Å². The highest BCUT2D eigenvalue weighted by Crippen LogP contribution is 2.64. The minimum atomic E-state index is -5.08. The van der Waals surface area contributed by atoms with Crippen LogP contribution in [0.25, 0.3) is 11.2 Å². The molecule has 170 valence electrons. The fraction of sp³-hybridized carbons (Fsp3) is 0.545. The monoisotopic (exact) mass is 499 g/mol. The minimum Gasteiger partial charge on any atom is -0.387 e. The Bertz CT molecular complexity index is 1110. The van der Waals surface area contributed by atoms with Gasteiger partial charge in [0.1, 0.15) is 30.2 Å². The van der Waals surface area contributed by atoms with Gasteiger partial charge in [-0.05, 0) is 0 Å². The summed E-state index contributed by atoms with van der Waals surface area (Å²) >= 11 is 0. The summed E-state index contributed by atoms with van der Waals surface area (Å²) in [7, 11) is -9.69. The van der Waals surface area contributed by atoms with Gasteiger partial charge < -0.3 is 39.9 Å². The van der Waals surface area contributed by atoms with E-state index in [1.165, 1.54) is 10.9 Å². The second kappa shape index (κ2) is 8.62. The van der Waals surface area contributed by atoms with Crippen molar-refractivity contribution in [2.75, 3.05) is 18.2 Å². The van der Waals surface area contributed by atoms with Gasteiger partial charge in [-0.3, -0.25) is 18.3 Å². The lowest BCUT2D eigenvalue weighted by molar-refractivity contribution is -0.0478. The van der Waals surface area contributed by atoms with Crippen molar-refractivity contribution in [1.82, 2.24) is 19.5 Å². The Kier molecular flexibility index (Phi) is 6.79. The van der Waals surface area contributed by atoms with Crippen LogP contribution in [0, 0.1) is 0 Å². The fourth-order valence-electron chi connectivity index (χ4n) is 2.79. The van der Waals surface area contributed by atoms with Crippen molar-refractivity contribution in [2.45, 2.75) is 24.5 Å². The maximum absolute atomic E-state index is 12.1. The van der Waals surface area contributed by atoms with Crippen LogP contribution in [0.3, 0.4) is 0 Å². The number of fused-ring (bicyclic) bond motifs is 1. The number of ether oxygens (including phenoxy) is 1. The predicted octanol–water partition coefficient (Wildman–Crippen LogP) is -1.34. The number of aliphatic hydroxyl groups is 2. The molecule has 1 aliphatic rings. The van der Waals surface area contributed by atoms with Crippen molar-refractivity contribution in [3.63, 3.8) is 0 Å². The van der Waals surface area contributed by atoms with Crippen LogP contribution in [0.5, 0.6) is 0 Å². The SMILES string of the molecule is [B][P@](=O)(OC[C@H]1O[C@@H](n2cnc3c(N)ncnc32)[C@H](O)[C@@H]1O)OP(=O)(O)CP(=O)(O)O. The maximum Gasteiger partial charge on any atom is 0.346 e. The predicted molar refractivity (Wildman–Crippen MR) is 103 cm³/mol. The topological polar surface area (TPSA) is 250 Å². The van der Waals surface area contributed by atoms with E-state index in [2.05, 4.69) is 19.3 Å². The van der Waals surface area contributed by atoms with E-state index < -0.39 is 59.7 Å². The Morgan fingerprint density at radius 1 is 1.16 bits per heavy atom. The van der Waals surface area contributed by atoms with Crippen LogP contribution in [0.1, 0.15) is 6.23 Å². The third kappa shape index (κ3) is 5.78. The molecule has 6 atom stereocenters. The fourth-order valence-corrected chi connectivity index (χ4v) is 7.29. The lowest BCUT2D eigenvalue weighted by Gasteiger charge is -2.21. The van der Waals surface area contributed by atoms with Crippen LogP contribution < -0.4 is 5.73 Å². The molecule has 1 unspecified atom stereocenters. The molecule has 1 saturated heterocycles. The molecule has 0 bridgehead atoms. The van der Waals surface area contributed by atoms with Gasteiger partial charge in [-0.2, -0.15) is 0 Å². The summed E-state index contributed by atoms with van der Waals surface area (Å²) in [4.78, 5) is 38.7. The number of anilines is 1. The molecule has 0 spiro atoms. The molecule has 16 nitrogen and oxygen atoms in total. The number of imidazole rings is 1. The first kappa shape index (κ1) is 24.4. The van der Waals surface area contributed by atoms with Crippen LogP contribution in [-0.4, -0.2) is 82.8 Å². The standard InChI is InChI=1S/C11H17BN5O11P3/c12-31(25,28-30(23,24)4-29(20,21)22)26-1-5-7(18)8(19)11(27-5)17-3-16-6-9(13)14-2-15-10(6)17/h2-3,5,7-8,11,18-19H,1,4H2,(H,23,24)(H2,13,14,15)(H2,20,21,22)/t5-,7-,8-,11-,31+/m1/s1. The van der Waals surface area contributed by atoms with E-state index in [0.29, 0.717) is 0 Å². The molecule has 1 fully saturated rings. The van der Waals surface area contributed by atoms with Gasteiger partial charge in [-0.25, -0.2) is 19.3 Å². The molecule has 2 aromatic heterocycles. The number of nitrogens with two attached hydrogens (primary N) is 1. The van der Waals surface area contributed by atoms with Gasteiger partial charge >= 0.3 is 15.2 Å². The van der Waals surface area contributed by atoms with Gasteiger partial charge in [0.25, 0.3) is 7.47 Å². The highest BCUT2D eigenvalue weighted by atomic mass is 31.3. The van der Waals surface area contributed by atoms with Crippen LogP contribution in [-0.2, 0) is 27.3 Å². The van der Waals surface area contributed by atoms with Gasteiger partial charge in [0, 0.05) is 0 Å². The quantitative estimate of drug-likeness (QED) is 0.182. The van der Waals surface area contributed by atoms with E-state index in [0.717, 1.165) is 6.33 Å². The zero-order chi connectivity index (χ0) is 23.2. The zero-order valence-electron chi connectivity index (χ0n) is 15.3. The lowest BCUT2D eigenvalue weighted by atomic mass is 10.1. The largest absolute Gasteiger partial charge is 0.387 e. The van der Waals surface area contributed by atoms with Crippen molar-refractivity contribution in [1.29, 1.82) is 0 Å². The van der Waals surface area contributed by atoms with E-state index in [-0.39, 0.29) is 17.0 Å². The van der Waals surface area contributed by atoms with E-state index >= 15 is 0 Å². The summed E-state index contributed by atoms with van der Waals surface area (Å²) in [6.07, 6.45) is -3.28. The number of hydrogen-bond acceptors (Lipinski definition) is 12. The molecule has 31 heavy (non-hydrogen) atoms. The molecule has 1 aliphatic heterocycles. The molecule has 0 saturated carbocycles. The number of hydrogen-bond donors (Lipinski definition) is 6. The first-order valence-electron chi connectivity index (χ1n) is 8.24. The Labute approximate surface area is 175 Å². The smallest absolute Gasteiger partial charge is 0.346 e. The first-order valence-corrected chi connectivity index (χ1v) is 13.4. The number of rotatable bonds is 8. The van der Waals surface area contributed by atoms with Crippen molar-refractivity contribution in [3.8, 4) is 0 Å². The summed E-state index contributed by atoms with van der Waals surface area (Å²) < 4.78 is 50.3. The van der Waals surface area contributed by atoms with Crippen LogP contribution in [0.2, 0.25) is 0 Å². The summed E-state index contributed by atoms with van der Waals surface area (Å²) in [5, 5.41) is 20.5. The van der Waals surface area contributed by atoms with E-state index in [4.69, 9.17) is 32.3 Å². The second-order valence-corrected chi connectivity index (χ2v) is 12.2. The molecule has 2 radical (unpaired) electrons. The zero-order valence-corrected chi connectivity index (χ0v) is 18.0. The summed E-state index contributed by atoms with van der Waals surface area (Å²) in [6.45, 7) is -0.776. The van der Waals surface area contributed by atoms with Crippen molar-refractivity contribution in [3.05, 3.63) is 12.7 Å².